The Morgan fingerprint density at radius 3 is 2.63 bits per heavy atom. The molecule has 0 fully saturated rings. The van der Waals surface area contributed by atoms with E-state index in [9.17, 15) is 9.18 Å². The highest BCUT2D eigenvalue weighted by atomic mass is 19.1. The molecular weight excluding hydrogens is 249 g/mol. The topological polar surface area (TPSA) is 64.1 Å². The molecule has 6 heteroatoms. The number of nitrogens with zero attached hydrogens (tertiary/aromatic N) is 2. The molecule has 0 atom stereocenters. The lowest BCUT2D eigenvalue weighted by Gasteiger charge is -2.04. The van der Waals surface area contributed by atoms with E-state index in [2.05, 4.69) is 21.9 Å². The van der Waals surface area contributed by atoms with Crippen molar-refractivity contribution in [1.29, 1.82) is 0 Å². The van der Waals surface area contributed by atoms with Crippen molar-refractivity contribution in [3.05, 3.63) is 54.4 Å². The molecule has 1 rings (SSSR count). The zero-order valence-electron chi connectivity index (χ0n) is 10.7. The van der Waals surface area contributed by atoms with Gasteiger partial charge in [-0.05, 0) is 25.2 Å². The summed E-state index contributed by atoms with van der Waals surface area (Å²) in [5, 5.41) is 2.53. The van der Waals surface area contributed by atoms with Gasteiger partial charge in [-0.2, -0.15) is 0 Å². The second kappa shape index (κ2) is 7.05. The van der Waals surface area contributed by atoms with Gasteiger partial charge in [-0.1, -0.05) is 6.58 Å². The van der Waals surface area contributed by atoms with Crippen molar-refractivity contribution >= 4 is 5.91 Å². The number of ether oxygens (including phenoxy) is 1. The van der Waals surface area contributed by atoms with Gasteiger partial charge in [-0.3, -0.25) is 4.79 Å². The molecular formula is C13H14FN3O2. The van der Waals surface area contributed by atoms with Crippen LogP contribution in [0.2, 0.25) is 0 Å². The van der Waals surface area contributed by atoms with Crippen LogP contribution in [0, 0.1) is 0 Å². The summed E-state index contributed by atoms with van der Waals surface area (Å²) in [6.07, 6.45) is 6.63. The summed E-state index contributed by atoms with van der Waals surface area (Å²) in [6, 6.07) is 0. The van der Waals surface area contributed by atoms with E-state index >= 15 is 0 Å². The van der Waals surface area contributed by atoms with Gasteiger partial charge in [-0.15, -0.1) is 0 Å². The Hall–Kier alpha value is -2.50. The maximum absolute atomic E-state index is 12.6. The van der Waals surface area contributed by atoms with E-state index < -0.39 is 5.91 Å². The van der Waals surface area contributed by atoms with Gasteiger partial charge in [0, 0.05) is 5.70 Å². The molecule has 19 heavy (non-hydrogen) atoms. The highest BCUT2D eigenvalue weighted by Crippen LogP contribution is 2.04. The van der Waals surface area contributed by atoms with Crippen LogP contribution < -0.4 is 10.1 Å². The molecule has 1 N–H and O–H groups in total. The Morgan fingerprint density at radius 1 is 1.42 bits per heavy atom. The Balaban J connectivity index is 2.79. The zero-order chi connectivity index (χ0) is 14.3. The monoisotopic (exact) mass is 263 g/mol. The minimum atomic E-state index is -0.466. The maximum Gasteiger partial charge on any atom is 0.275 e. The van der Waals surface area contributed by atoms with Crippen LogP contribution in [0.1, 0.15) is 17.4 Å². The van der Waals surface area contributed by atoms with Gasteiger partial charge in [0.1, 0.15) is 5.69 Å². The van der Waals surface area contributed by atoms with Crippen LogP contribution in [0.3, 0.4) is 0 Å². The molecule has 0 radical (unpaired) electrons. The molecule has 5 nitrogen and oxygen atoms in total. The summed E-state index contributed by atoms with van der Waals surface area (Å²) >= 11 is 0. The second-order valence-corrected chi connectivity index (χ2v) is 3.48. The molecule has 1 amide bonds. The minimum absolute atomic E-state index is 0.120. The van der Waals surface area contributed by atoms with E-state index in [0.717, 1.165) is 0 Å². The molecule has 100 valence electrons. The Bertz CT molecular complexity index is 517. The highest BCUT2D eigenvalue weighted by molar-refractivity contribution is 5.93. The fraction of sp³-hybridized carbons (Fsp3) is 0.154. The summed E-state index contributed by atoms with van der Waals surface area (Å²) in [7, 11) is 1.45. The first-order chi connectivity index (χ1) is 9.06. The van der Waals surface area contributed by atoms with Crippen LogP contribution in [0.5, 0.6) is 5.88 Å². The molecule has 0 bridgehead atoms. The van der Waals surface area contributed by atoms with Gasteiger partial charge in [0.25, 0.3) is 5.91 Å². The third-order valence-corrected chi connectivity index (χ3v) is 2.04. The summed E-state index contributed by atoms with van der Waals surface area (Å²) in [4.78, 5) is 19.5. The first kappa shape index (κ1) is 14.6. The lowest BCUT2D eigenvalue weighted by Crippen LogP contribution is -2.23. The SMILES string of the molecule is C=C/C(=C\C=C(/C)F)NC(=O)c1cnc(OC)cn1. The fourth-order valence-corrected chi connectivity index (χ4v) is 1.10. The van der Waals surface area contributed by atoms with Crippen LogP contribution in [0.25, 0.3) is 0 Å². The lowest BCUT2D eigenvalue weighted by molar-refractivity contribution is 0.0961. The number of carbonyl (C=O) groups is 1. The van der Waals surface area contributed by atoms with Gasteiger partial charge >= 0.3 is 0 Å². The number of carbonyl (C=O) groups excluding carboxylic acids is 1. The van der Waals surface area contributed by atoms with E-state index in [0.29, 0.717) is 11.6 Å². The summed E-state index contributed by atoms with van der Waals surface area (Å²) in [5.41, 5.74) is 0.481. The number of aromatic nitrogens is 2. The number of allylic oxidation sites excluding steroid dienone is 4. The van der Waals surface area contributed by atoms with Gasteiger partial charge in [0.2, 0.25) is 5.88 Å². The van der Waals surface area contributed by atoms with Gasteiger partial charge in [-0.25, -0.2) is 14.4 Å². The van der Waals surface area contributed by atoms with E-state index in [1.54, 1.807) is 0 Å². The predicted octanol–water partition coefficient (Wildman–Crippen LogP) is 2.16. The van der Waals surface area contributed by atoms with Gasteiger partial charge in [0.05, 0.1) is 25.3 Å². The minimum Gasteiger partial charge on any atom is -0.480 e. The van der Waals surface area contributed by atoms with E-state index in [1.165, 1.54) is 44.7 Å². The smallest absolute Gasteiger partial charge is 0.275 e. The van der Waals surface area contributed by atoms with Crippen molar-refractivity contribution in [2.45, 2.75) is 6.92 Å². The normalized spacial score (nSPS) is 11.9. The number of methoxy groups -OCH3 is 1. The molecule has 1 aromatic rings. The molecule has 0 saturated heterocycles. The van der Waals surface area contributed by atoms with E-state index in [1.807, 2.05) is 0 Å². The summed E-state index contributed by atoms with van der Waals surface area (Å²) in [5.74, 6) is -0.531. The summed E-state index contributed by atoms with van der Waals surface area (Å²) < 4.78 is 17.4. The van der Waals surface area contributed by atoms with Crippen molar-refractivity contribution in [2.24, 2.45) is 0 Å². The van der Waals surface area contributed by atoms with Crippen LogP contribution in [0.15, 0.2) is 48.7 Å². The number of hydrogen-bond acceptors (Lipinski definition) is 4. The van der Waals surface area contributed by atoms with Crippen LogP contribution in [-0.4, -0.2) is 23.0 Å². The Morgan fingerprint density at radius 2 is 2.16 bits per heavy atom. The average molecular weight is 263 g/mol. The molecule has 0 aliphatic heterocycles. The highest BCUT2D eigenvalue weighted by Gasteiger charge is 2.08. The van der Waals surface area contributed by atoms with Crippen LogP contribution in [0.4, 0.5) is 4.39 Å². The van der Waals surface area contributed by atoms with Crippen molar-refractivity contribution < 1.29 is 13.9 Å². The Labute approximate surface area is 110 Å². The molecule has 0 aliphatic rings. The number of rotatable bonds is 5. The van der Waals surface area contributed by atoms with Crippen molar-refractivity contribution in [3.63, 3.8) is 0 Å². The lowest BCUT2D eigenvalue weighted by atomic mass is 10.3. The molecule has 0 aliphatic carbocycles. The predicted molar refractivity (Wildman–Crippen MR) is 69.2 cm³/mol. The zero-order valence-corrected chi connectivity index (χ0v) is 10.7. The number of nitrogens with one attached hydrogen (secondary N) is 1. The number of halogens is 1. The molecule has 0 unspecified atom stereocenters. The fourth-order valence-electron chi connectivity index (χ4n) is 1.10. The standard InChI is InChI=1S/C13H14FN3O2/c1-4-10(6-5-9(2)14)17-13(18)11-7-16-12(19-3)8-15-11/h4-8H,1H2,2-3H3,(H,17,18)/b9-5+,10-6+. The first-order valence-corrected chi connectivity index (χ1v) is 5.40. The van der Waals surface area contributed by atoms with Gasteiger partial charge < -0.3 is 10.1 Å². The van der Waals surface area contributed by atoms with Crippen molar-refractivity contribution in [1.82, 2.24) is 15.3 Å². The van der Waals surface area contributed by atoms with Crippen LogP contribution in [-0.2, 0) is 0 Å². The second-order valence-electron chi connectivity index (χ2n) is 3.48. The molecule has 1 heterocycles. The van der Waals surface area contributed by atoms with Gasteiger partial charge in [0.15, 0.2) is 0 Å². The molecule has 0 saturated carbocycles. The average Bonchev–Trinajstić information content (AvgIpc) is 2.43. The largest absolute Gasteiger partial charge is 0.480 e. The molecule has 1 aromatic heterocycles. The third-order valence-electron chi connectivity index (χ3n) is 2.04. The molecule has 0 aromatic carbocycles. The van der Waals surface area contributed by atoms with Crippen LogP contribution >= 0.6 is 0 Å². The first-order valence-electron chi connectivity index (χ1n) is 5.40. The van der Waals surface area contributed by atoms with Crippen molar-refractivity contribution in [3.8, 4) is 5.88 Å². The maximum atomic E-state index is 12.6. The number of hydrogen-bond donors (Lipinski definition) is 1. The summed E-state index contributed by atoms with van der Waals surface area (Å²) in [6.45, 7) is 4.82. The van der Waals surface area contributed by atoms with E-state index in [-0.39, 0.29) is 11.5 Å². The molecule has 0 spiro atoms. The number of amides is 1. The quantitative estimate of drug-likeness (QED) is 0.827. The van der Waals surface area contributed by atoms with Crippen molar-refractivity contribution in [2.75, 3.05) is 7.11 Å². The van der Waals surface area contributed by atoms with E-state index in [4.69, 9.17) is 4.74 Å². The third kappa shape index (κ3) is 4.71. The Kier molecular flexibility index (Phi) is 5.40.